The van der Waals surface area contributed by atoms with Gasteiger partial charge in [-0.1, -0.05) is 34.8 Å². The van der Waals surface area contributed by atoms with E-state index in [1.54, 1.807) is 0 Å². The van der Waals surface area contributed by atoms with Crippen LogP contribution in [0.25, 0.3) is 0 Å². The van der Waals surface area contributed by atoms with Crippen molar-refractivity contribution in [3.8, 4) is 0 Å². The number of hydrogen-bond acceptors (Lipinski definition) is 4. The minimum Gasteiger partial charge on any atom is -0.469 e. The van der Waals surface area contributed by atoms with Crippen molar-refractivity contribution in [3.05, 3.63) is 0 Å². The van der Waals surface area contributed by atoms with Crippen LogP contribution in [-0.2, 0) is 19.1 Å². The number of hydrogen-bond donors (Lipinski definition) is 0. The van der Waals surface area contributed by atoms with E-state index in [9.17, 15) is 9.59 Å². The zero-order valence-corrected chi connectivity index (χ0v) is 11.6. The van der Waals surface area contributed by atoms with Crippen molar-refractivity contribution in [1.29, 1.82) is 0 Å². The van der Waals surface area contributed by atoms with Gasteiger partial charge in [-0.2, -0.15) is 0 Å². The number of carbonyl (C=O) groups is 2. The van der Waals surface area contributed by atoms with Gasteiger partial charge in [0.1, 0.15) is 0 Å². The third-order valence-electron chi connectivity index (χ3n) is 1.68. The second-order valence-electron chi connectivity index (χ2n) is 3.00. The first-order valence-electron chi connectivity index (χ1n) is 4.05. The molecule has 16 heavy (non-hydrogen) atoms. The van der Waals surface area contributed by atoms with Gasteiger partial charge in [-0.25, -0.2) is 0 Å². The third-order valence-corrected chi connectivity index (χ3v) is 2.51. The fourth-order valence-corrected chi connectivity index (χ4v) is 2.28. The lowest BCUT2D eigenvalue weighted by atomic mass is 10.0. The molecule has 0 aromatic rings. The van der Waals surface area contributed by atoms with Gasteiger partial charge in [0.25, 0.3) is 0 Å². The predicted octanol–water partition coefficient (Wildman–Crippen LogP) is 2.46. The van der Waals surface area contributed by atoms with E-state index in [1.807, 2.05) is 0 Å². The summed E-state index contributed by atoms with van der Waals surface area (Å²) in [7, 11) is 2.28. The van der Waals surface area contributed by atoms with E-state index in [1.165, 1.54) is 0 Å². The van der Waals surface area contributed by atoms with Gasteiger partial charge in [0.15, 0.2) is 8.67 Å². The van der Waals surface area contributed by atoms with Crippen molar-refractivity contribution >= 4 is 58.3 Å². The lowest BCUT2D eigenvalue weighted by Gasteiger charge is -2.26. The Morgan fingerprint density at radius 2 is 1.56 bits per heavy atom. The number of esters is 2. The summed E-state index contributed by atoms with van der Waals surface area (Å²) in [5.41, 5.74) is 0. The van der Waals surface area contributed by atoms with Crippen molar-refractivity contribution in [2.24, 2.45) is 0 Å². The monoisotopic (exact) mass is 310 g/mol. The van der Waals surface area contributed by atoms with Gasteiger partial charge in [-0.3, -0.25) is 9.59 Å². The zero-order chi connectivity index (χ0) is 13.0. The van der Waals surface area contributed by atoms with E-state index >= 15 is 0 Å². The summed E-state index contributed by atoms with van der Waals surface area (Å²) in [4.78, 5) is 20.8. The highest BCUT2D eigenvalue weighted by molar-refractivity contribution is 6.68. The Morgan fingerprint density at radius 3 is 1.88 bits per heavy atom. The maximum absolute atomic E-state index is 11.4. The van der Waals surface area contributed by atoms with Crippen LogP contribution in [0.4, 0.5) is 0 Å². The van der Waals surface area contributed by atoms with Crippen LogP contribution >= 0.6 is 46.4 Å². The molecule has 0 saturated heterocycles. The molecule has 0 spiro atoms. The van der Waals surface area contributed by atoms with Crippen molar-refractivity contribution in [2.75, 3.05) is 14.2 Å². The summed E-state index contributed by atoms with van der Waals surface area (Å²) in [6.45, 7) is 0. The van der Waals surface area contributed by atoms with Gasteiger partial charge >= 0.3 is 11.9 Å². The average Bonchev–Trinajstić information content (AvgIpc) is 2.13. The van der Waals surface area contributed by atoms with E-state index in [0.717, 1.165) is 14.2 Å². The van der Waals surface area contributed by atoms with E-state index < -0.39 is 27.0 Å². The lowest BCUT2D eigenvalue weighted by Crippen LogP contribution is -2.40. The van der Waals surface area contributed by atoms with Crippen LogP contribution in [0.15, 0.2) is 0 Å². The summed E-state index contributed by atoms with van der Waals surface area (Å²) >= 11 is 22.5. The number of rotatable bonds is 4. The molecule has 0 aliphatic carbocycles. The SMILES string of the molecule is COC(=O)CC(Cl)(CC(Cl)(Cl)Cl)C(=O)OC. The molecular formula is C8H10Cl4O4. The van der Waals surface area contributed by atoms with Crippen LogP contribution in [0.2, 0.25) is 0 Å². The minimum atomic E-state index is -1.77. The minimum absolute atomic E-state index is 0.367. The molecule has 0 saturated carbocycles. The Bertz CT molecular complexity index is 276. The number of methoxy groups -OCH3 is 2. The Balaban J connectivity index is 4.89. The number of halogens is 4. The molecule has 0 aliphatic heterocycles. The first kappa shape index (κ1) is 16.1. The normalized spacial score (nSPS) is 15.1. The van der Waals surface area contributed by atoms with Crippen LogP contribution in [0, 0.1) is 0 Å². The topological polar surface area (TPSA) is 52.6 Å². The molecule has 8 heteroatoms. The Morgan fingerprint density at radius 1 is 1.06 bits per heavy atom. The smallest absolute Gasteiger partial charge is 0.327 e. The molecule has 0 bridgehead atoms. The summed E-state index contributed by atoms with van der Waals surface area (Å²) in [5, 5.41) is 0. The maximum Gasteiger partial charge on any atom is 0.327 e. The Kier molecular flexibility index (Phi) is 6.18. The summed E-state index contributed by atoms with van der Waals surface area (Å²) in [5.74, 6) is -1.56. The molecular weight excluding hydrogens is 302 g/mol. The predicted molar refractivity (Wildman–Crippen MR) is 62.1 cm³/mol. The summed E-state index contributed by atoms with van der Waals surface area (Å²) < 4.78 is 7.07. The lowest BCUT2D eigenvalue weighted by molar-refractivity contribution is -0.150. The number of ether oxygens (including phenoxy) is 2. The zero-order valence-electron chi connectivity index (χ0n) is 8.56. The summed E-state index contributed by atoms with van der Waals surface area (Å²) in [6.07, 6.45) is -0.806. The quantitative estimate of drug-likeness (QED) is 0.591. The average molecular weight is 312 g/mol. The molecule has 0 aliphatic rings. The largest absolute Gasteiger partial charge is 0.469 e. The molecule has 0 aromatic heterocycles. The van der Waals surface area contributed by atoms with Crippen LogP contribution < -0.4 is 0 Å². The Hall–Kier alpha value is 0.1000. The molecule has 0 fully saturated rings. The first-order valence-corrected chi connectivity index (χ1v) is 5.56. The molecule has 94 valence electrons. The van der Waals surface area contributed by atoms with Crippen LogP contribution in [0.5, 0.6) is 0 Å². The molecule has 0 amide bonds. The fourth-order valence-electron chi connectivity index (χ4n) is 1.01. The highest BCUT2D eigenvalue weighted by atomic mass is 35.6. The van der Waals surface area contributed by atoms with Crippen LogP contribution in [0.1, 0.15) is 12.8 Å². The highest BCUT2D eigenvalue weighted by Crippen LogP contribution is 2.40. The van der Waals surface area contributed by atoms with Crippen molar-refractivity contribution in [3.63, 3.8) is 0 Å². The number of carbonyl (C=O) groups excluding carboxylic acids is 2. The standard InChI is InChI=1S/C8H10Cl4O4/c1-15-5(13)3-7(9,6(14)16-2)4-8(10,11)12/h3-4H2,1-2H3. The first-order chi connectivity index (χ1) is 7.14. The third kappa shape index (κ3) is 5.43. The second-order valence-corrected chi connectivity index (χ2v) is 6.24. The Labute approximate surface area is 113 Å². The molecule has 0 aromatic carbocycles. The van der Waals surface area contributed by atoms with Gasteiger partial charge < -0.3 is 9.47 Å². The van der Waals surface area contributed by atoms with E-state index in [2.05, 4.69) is 9.47 Å². The maximum atomic E-state index is 11.4. The molecule has 4 nitrogen and oxygen atoms in total. The second kappa shape index (κ2) is 6.15. The van der Waals surface area contributed by atoms with Crippen LogP contribution in [-0.4, -0.2) is 34.8 Å². The van der Waals surface area contributed by atoms with Gasteiger partial charge in [0.2, 0.25) is 0 Å². The van der Waals surface area contributed by atoms with Crippen molar-refractivity contribution in [2.45, 2.75) is 21.5 Å². The molecule has 0 heterocycles. The van der Waals surface area contributed by atoms with E-state index in [0.29, 0.717) is 0 Å². The molecule has 0 rings (SSSR count). The van der Waals surface area contributed by atoms with E-state index in [-0.39, 0.29) is 6.42 Å². The van der Waals surface area contributed by atoms with Gasteiger partial charge in [-0.05, 0) is 0 Å². The molecule has 0 radical (unpaired) electrons. The van der Waals surface area contributed by atoms with Crippen molar-refractivity contribution < 1.29 is 19.1 Å². The van der Waals surface area contributed by atoms with Crippen molar-refractivity contribution in [1.82, 2.24) is 0 Å². The van der Waals surface area contributed by atoms with E-state index in [4.69, 9.17) is 46.4 Å². The van der Waals surface area contributed by atoms with Gasteiger partial charge in [0, 0.05) is 6.42 Å². The molecule has 1 unspecified atom stereocenters. The number of alkyl halides is 4. The van der Waals surface area contributed by atoms with Gasteiger partial charge in [-0.15, -0.1) is 11.6 Å². The highest BCUT2D eigenvalue weighted by Gasteiger charge is 2.46. The molecule has 0 N–H and O–H groups in total. The fraction of sp³-hybridized carbons (Fsp3) is 0.750. The van der Waals surface area contributed by atoms with Crippen LogP contribution in [0.3, 0.4) is 0 Å². The summed E-state index contributed by atoms with van der Waals surface area (Å²) in [6, 6.07) is 0. The molecule has 1 atom stereocenters. The van der Waals surface area contributed by atoms with Gasteiger partial charge in [0.05, 0.1) is 20.6 Å².